The zero-order chi connectivity index (χ0) is 15.6. The van der Waals surface area contributed by atoms with Crippen LogP contribution in [0.25, 0.3) is 0 Å². The van der Waals surface area contributed by atoms with Gasteiger partial charge in [-0.25, -0.2) is 0 Å². The summed E-state index contributed by atoms with van der Waals surface area (Å²) in [6.45, 7) is 0. The summed E-state index contributed by atoms with van der Waals surface area (Å²) < 4.78 is 39.7. The van der Waals surface area contributed by atoms with Crippen molar-refractivity contribution in [3.8, 4) is 0 Å². The first-order valence-electron chi connectivity index (χ1n) is 6.60. The summed E-state index contributed by atoms with van der Waals surface area (Å²) >= 11 is 6.57. The molecule has 1 aromatic carbocycles. The zero-order valence-corrected chi connectivity index (χ0v) is 14.2. The highest BCUT2D eigenvalue weighted by Gasteiger charge is 2.42. The molecule has 1 aliphatic rings. The monoisotopic (exact) mass is 427 g/mol. The lowest BCUT2D eigenvalue weighted by molar-refractivity contribution is -0.183. The van der Waals surface area contributed by atoms with E-state index in [0.29, 0.717) is 22.9 Å². The summed E-state index contributed by atoms with van der Waals surface area (Å²) in [5, 5.41) is 2.71. The molecule has 0 saturated heterocycles. The molecule has 0 spiro atoms. The Hall–Kier alpha value is -0.560. The van der Waals surface area contributed by atoms with Gasteiger partial charge in [-0.1, -0.05) is 22.4 Å². The first-order chi connectivity index (χ1) is 9.77. The van der Waals surface area contributed by atoms with Gasteiger partial charge in [0.05, 0.1) is 11.5 Å². The number of benzene rings is 1. The molecule has 0 radical (unpaired) electrons. The molecule has 0 aromatic heterocycles. The number of halogens is 5. The summed E-state index contributed by atoms with van der Waals surface area (Å²) in [5.74, 6) is -1.66. The van der Waals surface area contributed by atoms with E-state index in [0.717, 1.165) is 4.47 Å². The number of hydrogen-bond acceptors (Lipinski definition) is 1. The van der Waals surface area contributed by atoms with Crippen LogP contribution in [-0.4, -0.2) is 18.1 Å². The predicted molar refractivity (Wildman–Crippen MR) is 81.1 cm³/mol. The quantitative estimate of drug-likeness (QED) is 0.700. The van der Waals surface area contributed by atoms with Crippen LogP contribution in [0.15, 0.2) is 27.1 Å². The summed E-state index contributed by atoms with van der Waals surface area (Å²) in [7, 11) is 0. The Kier molecular flexibility index (Phi) is 5.35. The third-order valence-electron chi connectivity index (χ3n) is 3.65. The molecule has 1 N–H and O–H groups in total. The second kappa shape index (κ2) is 6.69. The molecule has 7 heteroatoms. The first kappa shape index (κ1) is 16.8. The third-order valence-corrected chi connectivity index (χ3v) is 4.80. The van der Waals surface area contributed by atoms with Gasteiger partial charge in [0.25, 0.3) is 5.91 Å². The standard InChI is InChI=1S/C14H14Br2F3NO/c15-9-4-5-11(12(16)7-9)13(21)20-10-3-1-2-8(6-10)14(17,18)19/h4-5,7-8,10H,1-3,6H2,(H,20,21). The van der Waals surface area contributed by atoms with E-state index in [4.69, 9.17) is 0 Å². The summed E-state index contributed by atoms with van der Waals surface area (Å²) in [6, 6.07) is 4.66. The Balaban J connectivity index is 2.02. The van der Waals surface area contributed by atoms with Gasteiger partial charge < -0.3 is 5.32 Å². The Morgan fingerprint density at radius 1 is 1.24 bits per heavy atom. The average molecular weight is 429 g/mol. The molecular weight excluding hydrogens is 415 g/mol. The predicted octanol–water partition coefficient (Wildman–Crippen LogP) is 5.06. The lowest BCUT2D eigenvalue weighted by Gasteiger charge is -2.31. The number of rotatable bonds is 2. The van der Waals surface area contributed by atoms with Crippen molar-refractivity contribution < 1.29 is 18.0 Å². The van der Waals surface area contributed by atoms with E-state index >= 15 is 0 Å². The van der Waals surface area contributed by atoms with Gasteiger partial charge in [-0.3, -0.25) is 4.79 Å². The van der Waals surface area contributed by atoms with Gasteiger partial charge in [-0.2, -0.15) is 13.2 Å². The van der Waals surface area contributed by atoms with Gasteiger partial charge in [0.2, 0.25) is 0 Å². The smallest absolute Gasteiger partial charge is 0.349 e. The molecule has 2 nitrogen and oxygen atoms in total. The molecule has 2 rings (SSSR count). The maximum atomic E-state index is 12.8. The molecule has 21 heavy (non-hydrogen) atoms. The molecule has 116 valence electrons. The molecule has 0 aliphatic heterocycles. The number of alkyl halides is 3. The molecule has 0 heterocycles. The average Bonchev–Trinajstić information content (AvgIpc) is 2.37. The Labute approximate surface area is 137 Å². The number of nitrogens with one attached hydrogen (secondary N) is 1. The maximum Gasteiger partial charge on any atom is 0.391 e. The number of carbonyl (C=O) groups is 1. The molecule has 1 saturated carbocycles. The van der Waals surface area contributed by atoms with Crippen LogP contribution in [0.5, 0.6) is 0 Å². The normalized spacial score (nSPS) is 22.9. The number of amides is 1. The van der Waals surface area contributed by atoms with Gasteiger partial charge >= 0.3 is 6.18 Å². The maximum absolute atomic E-state index is 12.8. The summed E-state index contributed by atoms with van der Waals surface area (Å²) in [5.41, 5.74) is 0.423. The van der Waals surface area contributed by atoms with Gasteiger partial charge in [-0.05, 0) is 53.4 Å². The fourth-order valence-corrected chi connectivity index (χ4v) is 3.78. The minimum Gasteiger partial charge on any atom is -0.349 e. The Bertz CT molecular complexity index is 533. The minimum atomic E-state index is -4.18. The highest BCUT2D eigenvalue weighted by Crippen LogP contribution is 2.37. The van der Waals surface area contributed by atoms with Crippen LogP contribution in [0.3, 0.4) is 0 Å². The van der Waals surface area contributed by atoms with Crippen LogP contribution in [0.2, 0.25) is 0 Å². The number of hydrogen-bond donors (Lipinski definition) is 1. The van der Waals surface area contributed by atoms with Crippen molar-refractivity contribution in [2.75, 3.05) is 0 Å². The molecule has 1 aromatic rings. The van der Waals surface area contributed by atoms with E-state index in [1.165, 1.54) is 0 Å². The molecular formula is C14H14Br2F3NO. The Morgan fingerprint density at radius 2 is 1.95 bits per heavy atom. The van der Waals surface area contributed by atoms with E-state index in [-0.39, 0.29) is 18.7 Å². The number of carbonyl (C=O) groups excluding carboxylic acids is 1. The van der Waals surface area contributed by atoms with Gasteiger partial charge in [0.15, 0.2) is 0 Å². The van der Waals surface area contributed by atoms with E-state index in [1.807, 2.05) is 0 Å². The Morgan fingerprint density at radius 3 is 2.57 bits per heavy atom. The van der Waals surface area contributed by atoms with Crippen molar-refractivity contribution in [3.63, 3.8) is 0 Å². The van der Waals surface area contributed by atoms with E-state index in [1.54, 1.807) is 18.2 Å². The largest absolute Gasteiger partial charge is 0.391 e. The fourth-order valence-electron chi connectivity index (χ4n) is 2.55. The van der Waals surface area contributed by atoms with Crippen molar-refractivity contribution in [3.05, 3.63) is 32.7 Å². The van der Waals surface area contributed by atoms with Gasteiger partial charge in [-0.15, -0.1) is 0 Å². The molecule has 2 unspecified atom stereocenters. The van der Waals surface area contributed by atoms with Crippen LogP contribution in [0, 0.1) is 5.92 Å². The van der Waals surface area contributed by atoms with Crippen LogP contribution >= 0.6 is 31.9 Å². The highest BCUT2D eigenvalue weighted by molar-refractivity contribution is 9.11. The highest BCUT2D eigenvalue weighted by atomic mass is 79.9. The topological polar surface area (TPSA) is 29.1 Å². The summed E-state index contributed by atoms with van der Waals surface area (Å²) in [4.78, 5) is 12.2. The molecule has 1 amide bonds. The van der Waals surface area contributed by atoms with Crippen LogP contribution < -0.4 is 5.32 Å². The lowest BCUT2D eigenvalue weighted by atomic mass is 9.85. The lowest BCUT2D eigenvalue weighted by Crippen LogP contribution is -2.41. The van der Waals surface area contributed by atoms with Gasteiger partial charge in [0, 0.05) is 15.0 Å². The van der Waals surface area contributed by atoms with Crippen molar-refractivity contribution in [2.24, 2.45) is 5.92 Å². The van der Waals surface area contributed by atoms with Crippen LogP contribution in [0.4, 0.5) is 13.2 Å². The molecule has 1 fully saturated rings. The van der Waals surface area contributed by atoms with Crippen LogP contribution in [-0.2, 0) is 0 Å². The molecule has 0 bridgehead atoms. The van der Waals surface area contributed by atoms with Crippen molar-refractivity contribution >= 4 is 37.8 Å². The van der Waals surface area contributed by atoms with Crippen molar-refractivity contribution in [1.82, 2.24) is 5.32 Å². The SMILES string of the molecule is O=C(NC1CCCC(C(F)(F)F)C1)c1ccc(Br)cc1Br. The fraction of sp³-hybridized carbons (Fsp3) is 0.500. The van der Waals surface area contributed by atoms with Crippen LogP contribution in [0.1, 0.15) is 36.0 Å². The zero-order valence-electron chi connectivity index (χ0n) is 11.0. The van der Waals surface area contributed by atoms with Gasteiger partial charge in [0.1, 0.15) is 0 Å². The van der Waals surface area contributed by atoms with E-state index in [2.05, 4.69) is 37.2 Å². The second-order valence-electron chi connectivity index (χ2n) is 5.20. The van der Waals surface area contributed by atoms with Crippen molar-refractivity contribution in [1.29, 1.82) is 0 Å². The minimum absolute atomic E-state index is 0.0383. The second-order valence-corrected chi connectivity index (χ2v) is 6.97. The first-order valence-corrected chi connectivity index (χ1v) is 8.18. The molecule has 2 atom stereocenters. The molecule has 1 aliphatic carbocycles. The van der Waals surface area contributed by atoms with E-state index < -0.39 is 18.1 Å². The summed E-state index contributed by atoms with van der Waals surface area (Å²) in [6.07, 6.45) is -2.99. The van der Waals surface area contributed by atoms with Crippen molar-refractivity contribution in [2.45, 2.75) is 37.9 Å². The van der Waals surface area contributed by atoms with E-state index in [9.17, 15) is 18.0 Å². The third kappa shape index (κ3) is 4.45.